The van der Waals surface area contributed by atoms with Crippen molar-refractivity contribution in [2.24, 2.45) is 5.41 Å². The first-order valence-electron chi connectivity index (χ1n) is 7.03. The van der Waals surface area contributed by atoms with Gasteiger partial charge in [0, 0.05) is 25.1 Å². The Bertz CT molecular complexity index is 611. The molecule has 1 saturated heterocycles. The molecule has 124 valence electrons. The molecule has 8 heteroatoms. The Balaban J connectivity index is 2.14. The zero-order valence-corrected chi connectivity index (χ0v) is 13.2. The van der Waals surface area contributed by atoms with E-state index < -0.39 is 26.6 Å². The molecule has 1 aromatic rings. The molecule has 5 nitrogen and oxygen atoms in total. The van der Waals surface area contributed by atoms with Gasteiger partial charge >= 0.3 is 0 Å². The van der Waals surface area contributed by atoms with E-state index >= 15 is 0 Å². The van der Waals surface area contributed by atoms with Crippen LogP contribution < -0.4 is 10.0 Å². The first-order valence-corrected chi connectivity index (χ1v) is 8.51. The normalized spacial score (nSPS) is 18.3. The number of halogens is 2. The fraction of sp³-hybridized carbons (Fsp3) is 0.571. The molecule has 1 aliphatic rings. The van der Waals surface area contributed by atoms with E-state index in [1.807, 2.05) is 0 Å². The molecule has 0 bridgehead atoms. The highest BCUT2D eigenvalue weighted by Gasteiger charge is 2.34. The Hall–Kier alpha value is -1.09. The van der Waals surface area contributed by atoms with Crippen LogP contribution in [0.1, 0.15) is 12.8 Å². The second-order valence-electron chi connectivity index (χ2n) is 5.58. The van der Waals surface area contributed by atoms with Gasteiger partial charge in [0.1, 0.15) is 16.5 Å². The van der Waals surface area contributed by atoms with Gasteiger partial charge in [-0.3, -0.25) is 0 Å². The van der Waals surface area contributed by atoms with Gasteiger partial charge in [-0.2, -0.15) is 0 Å². The van der Waals surface area contributed by atoms with Crippen LogP contribution in [0.4, 0.5) is 8.78 Å². The van der Waals surface area contributed by atoms with E-state index in [0.29, 0.717) is 12.7 Å². The zero-order valence-electron chi connectivity index (χ0n) is 12.4. The molecule has 0 unspecified atom stereocenters. The van der Waals surface area contributed by atoms with Gasteiger partial charge in [-0.15, -0.1) is 0 Å². The summed E-state index contributed by atoms with van der Waals surface area (Å²) in [7, 11) is -2.46. The standard InChI is InChI=1S/C14H20F2N2O3S/c1-21-10-14(4-6-17-7-5-14)9-18-22(19,20)13-3-2-11(15)8-12(13)16/h2-3,8,17-18H,4-7,9-10H2,1H3. The number of benzene rings is 1. The van der Waals surface area contributed by atoms with Crippen molar-refractivity contribution in [1.82, 2.24) is 10.0 Å². The van der Waals surface area contributed by atoms with Gasteiger partial charge in [0.2, 0.25) is 10.0 Å². The Morgan fingerprint density at radius 1 is 1.32 bits per heavy atom. The number of methoxy groups -OCH3 is 1. The zero-order chi connectivity index (χ0) is 16.2. The fourth-order valence-electron chi connectivity index (χ4n) is 2.65. The third kappa shape index (κ3) is 4.01. The SMILES string of the molecule is COCC1(CNS(=O)(=O)c2ccc(F)cc2F)CCNCC1. The molecule has 0 saturated carbocycles. The highest BCUT2D eigenvalue weighted by Crippen LogP contribution is 2.29. The first kappa shape index (κ1) is 17.3. The van der Waals surface area contributed by atoms with Crippen molar-refractivity contribution in [1.29, 1.82) is 0 Å². The van der Waals surface area contributed by atoms with Crippen molar-refractivity contribution in [3.63, 3.8) is 0 Å². The Labute approximate surface area is 129 Å². The monoisotopic (exact) mass is 334 g/mol. The van der Waals surface area contributed by atoms with Gasteiger partial charge in [-0.1, -0.05) is 0 Å². The van der Waals surface area contributed by atoms with E-state index in [1.165, 1.54) is 0 Å². The van der Waals surface area contributed by atoms with Crippen LogP contribution in [0, 0.1) is 17.0 Å². The lowest BCUT2D eigenvalue weighted by Crippen LogP contribution is -2.47. The molecular formula is C14H20F2N2O3S. The van der Waals surface area contributed by atoms with Crippen molar-refractivity contribution in [2.45, 2.75) is 17.7 Å². The van der Waals surface area contributed by atoms with Gasteiger partial charge in [0.25, 0.3) is 0 Å². The van der Waals surface area contributed by atoms with Crippen LogP contribution in [0.3, 0.4) is 0 Å². The van der Waals surface area contributed by atoms with Crippen molar-refractivity contribution >= 4 is 10.0 Å². The van der Waals surface area contributed by atoms with Crippen LogP contribution in [-0.4, -0.2) is 41.8 Å². The molecule has 0 radical (unpaired) electrons. The van der Waals surface area contributed by atoms with E-state index in [9.17, 15) is 17.2 Å². The second-order valence-corrected chi connectivity index (χ2v) is 7.32. The molecule has 0 aliphatic carbocycles. The molecule has 0 amide bonds. The lowest BCUT2D eigenvalue weighted by atomic mass is 9.80. The molecule has 1 aromatic carbocycles. The summed E-state index contributed by atoms with van der Waals surface area (Å²) >= 11 is 0. The van der Waals surface area contributed by atoms with Crippen molar-refractivity contribution < 1.29 is 21.9 Å². The van der Waals surface area contributed by atoms with E-state index in [2.05, 4.69) is 10.0 Å². The van der Waals surface area contributed by atoms with Crippen LogP contribution >= 0.6 is 0 Å². The Morgan fingerprint density at radius 3 is 2.59 bits per heavy atom. The molecule has 0 atom stereocenters. The summed E-state index contributed by atoms with van der Waals surface area (Å²) in [6.07, 6.45) is 1.52. The lowest BCUT2D eigenvalue weighted by molar-refractivity contribution is 0.0577. The van der Waals surface area contributed by atoms with Crippen LogP contribution in [0.25, 0.3) is 0 Å². The maximum atomic E-state index is 13.7. The predicted octanol–water partition coefficient (Wildman–Crippen LogP) is 1.26. The van der Waals surface area contributed by atoms with Crippen LogP contribution in [-0.2, 0) is 14.8 Å². The number of sulfonamides is 1. The first-order chi connectivity index (χ1) is 10.4. The third-order valence-electron chi connectivity index (χ3n) is 3.94. The minimum atomic E-state index is -4.03. The molecule has 1 fully saturated rings. The maximum absolute atomic E-state index is 13.7. The molecule has 2 N–H and O–H groups in total. The number of hydrogen-bond acceptors (Lipinski definition) is 4. The number of rotatable bonds is 6. The number of hydrogen-bond donors (Lipinski definition) is 2. The smallest absolute Gasteiger partial charge is 0.243 e. The number of nitrogens with one attached hydrogen (secondary N) is 2. The van der Waals surface area contributed by atoms with Crippen molar-refractivity contribution in [2.75, 3.05) is 33.4 Å². The van der Waals surface area contributed by atoms with E-state index in [4.69, 9.17) is 4.74 Å². The Kier molecular flexibility index (Phi) is 5.49. The molecule has 0 spiro atoms. The van der Waals surface area contributed by atoms with Gasteiger partial charge < -0.3 is 10.1 Å². The third-order valence-corrected chi connectivity index (χ3v) is 5.37. The van der Waals surface area contributed by atoms with Gasteiger partial charge in [-0.05, 0) is 38.1 Å². The minimum Gasteiger partial charge on any atom is -0.384 e. The summed E-state index contributed by atoms with van der Waals surface area (Å²) in [5, 5.41) is 3.21. The second kappa shape index (κ2) is 6.99. The molecule has 22 heavy (non-hydrogen) atoms. The fourth-order valence-corrected chi connectivity index (χ4v) is 3.87. The summed E-state index contributed by atoms with van der Waals surface area (Å²) in [4.78, 5) is -0.546. The highest BCUT2D eigenvalue weighted by molar-refractivity contribution is 7.89. The highest BCUT2D eigenvalue weighted by atomic mass is 32.2. The molecule has 2 rings (SSSR count). The van der Waals surface area contributed by atoms with Crippen LogP contribution in [0.15, 0.2) is 23.1 Å². The molecular weight excluding hydrogens is 314 g/mol. The van der Waals surface area contributed by atoms with E-state index in [1.54, 1.807) is 7.11 Å². The van der Waals surface area contributed by atoms with E-state index in [-0.39, 0.29) is 12.0 Å². The van der Waals surface area contributed by atoms with Crippen LogP contribution in [0.5, 0.6) is 0 Å². The molecule has 0 aromatic heterocycles. The lowest BCUT2D eigenvalue weighted by Gasteiger charge is -2.37. The predicted molar refractivity (Wildman–Crippen MR) is 78.0 cm³/mol. The number of piperidine rings is 1. The van der Waals surface area contributed by atoms with Gasteiger partial charge in [0.05, 0.1) is 6.61 Å². The molecule has 1 heterocycles. The summed E-state index contributed by atoms with van der Waals surface area (Å²) in [5.74, 6) is -1.91. The topological polar surface area (TPSA) is 67.4 Å². The summed E-state index contributed by atoms with van der Waals surface area (Å²) in [6, 6.07) is 2.41. The summed E-state index contributed by atoms with van der Waals surface area (Å²) in [6.45, 7) is 2.12. The molecule has 1 aliphatic heterocycles. The quantitative estimate of drug-likeness (QED) is 0.822. The largest absolute Gasteiger partial charge is 0.384 e. The average Bonchev–Trinajstić information content (AvgIpc) is 2.46. The van der Waals surface area contributed by atoms with Crippen molar-refractivity contribution in [3.8, 4) is 0 Å². The van der Waals surface area contributed by atoms with Gasteiger partial charge in [0.15, 0.2) is 0 Å². The van der Waals surface area contributed by atoms with Crippen molar-refractivity contribution in [3.05, 3.63) is 29.8 Å². The van der Waals surface area contributed by atoms with Gasteiger partial charge in [-0.25, -0.2) is 21.9 Å². The Morgan fingerprint density at radius 2 is 2.00 bits per heavy atom. The van der Waals surface area contributed by atoms with E-state index in [0.717, 1.165) is 38.1 Å². The summed E-state index contributed by atoms with van der Waals surface area (Å²) < 4.78 is 58.6. The van der Waals surface area contributed by atoms with Crippen LogP contribution in [0.2, 0.25) is 0 Å². The summed E-state index contributed by atoms with van der Waals surface area (Å²) in [5.41, 5.74) is -0.316. The maximum Gasteiger partial charge on any atom is 0.243 e. The minimum absolute atomic E-state index is 0.154. The average molecular weight is 334 g/mol. The number of ether oxygens (including phenoxy) is 1.